The largest absolute Gasteiger partial charge is 0.368 e. The van der Waals surface area contributed by atoms with Crippen molar-refractivity contribution in [1.82, 2.24) is 14.9 Å². The highest BCUT2D eigenvalue weighted by Crippen LogP contribution is 2.22. The lowest BCUT2D eigenvalue weighted by Crippen LogP contribution is -2.43. The molecular formula is C18H21FN4O2. The molecule has 1 aliphatic heterocycles. The van der Waals surface area contributed by atoms with Crippen LogP contribution in [0.2, 0.25) is 0 Å². The van der Waals surface area contributed by atoms with Crippen molar-refractivity contribution in [2.45, 2.75) is 12.5 Å². The predicted octanol–water partition coefficient (Wildman–Crippen LogP) is 1.82. The summed E-state index contributed by atoms with van der Waals surface area (Å²) in [5.41, 5.74) is 1.15. The minimum atomic E-state index is -0.355. The minimum Gasteiger partial charge on any atom is -0.368 e. The molecule has 3 rings (SSSR count). The van der Waals surface area contributed by atoms with Crippen molar-refractivity contribution < 1.29 is 13.9 Å². The molecule has 1 aliphatic rings. The Balaban J connectivity index is 1.69. The lowest BCUT2D eigenvalue weighted by atomic mass is 10.1. The number of aromatic nitrogens is 2. The van der Waals surface area contributed by atoms with Gasteiger partial charge in [0.05, 0.1) is 25.3 Å². The van der Waals surface area contributed by atoms with E-state index in [2.05, 4.69) is 9.97 Å². The number of amides is 1. The van der Waals surface area contributed by atoms with Gasteiger partial charge in [0.25, 0.3) is 0 Å². The van der Waals surface area contributed by atoms with Gasteiger partial charge in [-0.05, 0) is 17.7 Å². The van der Waals surface area contributed by atoms with E-state index in [0.717, 1.165) is 5.69 Å². The number of halogens is 1. The number of hydrogen-bond donors (Lipinski definition) is 0. The van der Waals surface area contributed by atoms with Crippen molar-refractivity contribution in [2.75, 3.05) is 38.7 Å². The molecule has 1 amide bonds. The first kappa shape index (κ1) is 17.3. The van der Waals surface area contributed by atoms with Gasteiger partial charge in [0.1, 0.15) is 11.9 Å². The highest BCUT2D eigenvalue weighted by molar-refractivity contribution is 5.79. The van der Waals surface area contributed by atoms with Gasteiger partial charge in [-0.3, -0.25) is 4.79 Å². The third kappa shape index (κ3) is 4.11. The highest BCUT2D eigenvalue weighted by Gasteiger charge is 2.27. The van der Waals surface area contributed by atoms with Crippen LogP contribution in [0.25, 0.3) is 0 Å². The summed E-state index contributed by atoms with van der Waals surface area (Å²) in [7, 11) is 3.73. The number of hydrogen-bond acceptors (Lipinski definition) is 5. The molecule has 7 heteroatoms. The van der Waals surface area contributed by atoms with Gasteiger partial charge in [-0.1, -0.05) is 18.2 Å². The van der Waals surface area contributed by atoms with Crippen LogP contribution < -0.4 is 4.90 Å². The molecule has 25 heavy (non-hydrogen) atoms. The Morgan fingerprint density at radius 3 is 2.92 bits per heavy atom. The molecule has 2 heterocycles. The van der Waals surface area contributed by atoms with E-state index in [4.69, 9.17) is 4.74 Å². The van der Waals surface area contributed by atoms with Crippen LogP contribution in [0.15, 0.2) is 36.5 Å². The standard InChI is InChI=1S/C18H21FN4O2/c1-22(2)18-20-8-7-15(21-18)16-12-23(9-10-25-16)17(24)11-13-5-3-4-6-14(13)19/h3-8,16H,9-12H2,1-2H3/t16-/m1/s1. The summed E-state index contributed by atoms with van der Waals surface area (Å²) in [5, 5.41) is 0. The maximum absolute atomic E-state index is 13.8. The van der Waals surface area contributed by atoms with Crippen molar-refractivity contribution in [2.24, 2.45) is 0 Å². The number of carbonyl (C=O) groups is 1. The van der Waals surface area contributed by atoms with E-state index in [1.165, 1.54) is 6.07 Å². The van der Waals surface area contributed by atoms with Crippen molar-refractivity contribution >= 4 is 11.9 Å². The van der Waals surface area contributed by atoms with Crippen molar-refractivity contribution in [3.8, 4) is 0 Å². The van der Waals surface area contributed by atoms with Gasteiger partial charge >= 0.3 is 0 Å². The van der Waals surface area contributed by atoms with Gasteiger partial charge in [0.15, 0.2) is 0 Å². The van der Waals surface area contributed by atoms with Crippen LogP contribution in [0.1, 0.15) is 17.4 Å². The fraction of sp³-hybridized carbons (Fsp3) is 0.389. The second kappa shape index (κ2) is 7.57. The molecule has 0 N–H and O–H groups in total. The van der Waals surface area contributed by atoms with Gasteiger partial charge in [-0.25, -0.2) is 14.4 Å². The van der Waals surface area contributed by atoms with Crippen LogP contribution in [0.4, 0.5) is 10.3 Å². The molecule has 132 valence electrons. The molecule has 1 aromatic carbocycles. The van der Waals surface area contributed by atoms with E-state index in [1.54, 1.807) is 35.4 Å². The van der Waals surface area contributed by atoms with Gasteiger partial charge in [0.2, 0.25) is 11.9 Å². The normalized spacial score (nSPS) is 17.4. The van der Waals surface area contributed by atoms with Crippen molar-refractivity contribution in [1.29, 1.82) is 0 Å². The van der Waals surface area contributed by atoms with Crippen LogP contribution in [0.5, 0.6) is 0 Å². The molecule has 6 nitrogen and oxygen atoms in total. The summed E-state index contributed by atoms with van der Waals surface area (Å²) in [6.45, 7) is 1.32. The SMILES string of the molecule is CN(C)c1nccc([C@H]2CN(C(=O)Cc3ccccc3F)CCO2)n1. The van der Waals surface area contributed by atoms with Crippen molar-refractivity contribution in [3.63, 3.8) is 0 Å². The zero-order valence-electron chi connectivity index (χ0n) is 14.4. The number of carbonyl (C=O) groups excluding carboxylic acids is 1. The number of ether oxygens (including phenoxy) is 1. The fourth-order valence-electron chi connectivity index (χ4n) is 2.73. The molecule has 0 bridgehead atoms. The van der Waals surface area contributed by atoms with Gasteiger partial charge in [-0.15, -0.1) is 0 Å². The summed E-state index contributed by atoms with van der Waals surface area (Å²) in [6, 6.07) is 8.15. The number of rotatable bonds is 4. The molecule has 0 spiro atoms. The summed E-state index contributed by atoms with van der Waals surface area (Å²) < 4.78 is 19.5. The molecule has 0 unspecified atom stereocenters. The Labute approximate surface area is 146 Å². The number of nitrogens with zero attached hydrogens (tertiary/aromatic N) is 4. The summed E-state index contributed by atoms with van der Waals surface area (Å²) >= 11 is 0. The quantitative estimate of drug-likeness (QED) is 0.847. The highest BCUT2D eigenvalue weighted by atomic mass is 19.1. The summed E-state index contributed by atoms with van der Waals surface area (Å²) in [6.07, 6.45) is 1.42. The van der Waals surface area contributed by atoms with E-state index in [1.807, 2.05) is 19.0 Å². The molecular weight excluding hydrogens is 323 g/mol. The first-order valence-corrected chi connectivity index (χ1v) is 8.17. The maximum atomic E-state index is 13.8. The van der Waals surface area contributed by atoms with Gasteiger partial charge in [0, 0.05) is 26.8 Å². The van der Waals surface area contributed by atoms with Crippen LogP contribution in [-0.4, -0.2) is 54.6 Å². The van der Waals surface area contributed by atoms with Gasteiger partial charge in [-0.2, -0.15) is 0 Å². The predicted molar refractivity (Wildman–Crippen MR) is 91.7 cm³/mol. The Hall–Kier alpha value is -2.54. The smallest absolute Gasteiger partial charge is 0.227 e. The van der Waals surface area contributed by atoms with E-state index >= 15 is 0 Å². The average molecular weight is 344 g/mol. The Bertz CT molecular complexity index is 753. The lowest BCUT2D eigenvalue weighted by molar-refractivity contribution is -0.138. The first-order valence-electron chi connectivity index (χ1n) is 8.17. The second-order valence-corrected chi connectivity index (χ2v) is 6.14. The van der Waals surface area contributed by atoms with Gasteiger partial charge < -0.3 is 14.5 Å². The topological polar surface area (TPSA) is 58.6 Å². The van der Waals surface area contributed by atoms with E-state index in [0.29, 0.717) is 31.2 Å². The minimum absolute atomic E-state index is 0.0477. The summed E-state index contributed by atoms with van der Waals surface area (Å²) in [5.74, 6) is 0.128. The Morgan fingerprint density at radius 2 is 2.16 bits per heavy atom. The zero-order valence-corrected chi connectivity index (χ0v) is 14.4. The van der Waals surface area contributed by atoms with E-state index < -0.39 is 0 Å². The molecule has 1 atom stereocenters. The Morgan fingerprint density at radius 1 is 1.36 bits per heavy atom. The van der Waals surface area contributed by atoms with Crippen molar-refractivity contribution in [3.05, 3.63) is 53.6 Å². The number of benzene rings is 1. The Kier molecular flexibility index (Phi) is 5.23. The molecule has 1 saturated heterocycles. The lowest BCUT2D eigenvalue weighted by Gasteiger charge is -2.33. The second-order valence-electron chi connectivity index (χ2n) is 6.14. The molecule has 1 fully saturated rings. The third-order valence-corrected chi connectivity index (χ3v) is 4.11. The molecule has 1 aromatic heterocycles. The molecule has 0 saturated carbocycles. The van der Waals surface area contributed by atoms with Crippen LogP contribution in [0, 0.1) is 5.82 Å². The van der Waals surface area contributed by atoms with Crippen LogP contribution in [-0.2, 0) is 16.0 Å². The first-order chi connectivity index (χ1) is 12.0. The van der Waals surface area contributed by atoms with Crippen LogP contribution >= 0.6 is 0 Å². The fourth-order valence-corrected chi connectivity index (χ4v) is 2.73. The number of anilines is 1. The van der Waals surface area contributed by atoms with E-state index in [-0.39, 0.29) is 24.2 Å². The average Bonchev–Trinajstić information content (AvgIpc) is 2.64. The monoisotopic (exact) mass is 344 g/mol. The number of morpholine rings is 1. The zero-order chi connectivity index (χ0) is 17.8. The third-order valence-electron chi connectivity index (χ3n) is 4.11. The van der Waals surface area contributed by atoms with Crippen LogP contribution in [0.3, 0.4) is 0 Å². The molecule has 0 radical (unpaired) electrons. The molecule has 0 aliphatic carbocycles. The molecule has 2 aromatic rings. The maximum Gasteiger partial charge on any atom is 0.227 e. The summed E-state index contributed by atoms with van der Waals surface area (Å²) in [4.78, 5) is 24.7. The van der Waals surface area contributed by atoms with E-state index in [9.17, 15) is 9.18 Å².